The zero-order valence-electron chi connectivity index (χ0n) is 13.9. The highest BCUT2D eigenvalue weighted by molar-refractivity contribution is 5.68. The molecule has 2 aromatic carbocycles. The average Bonchev–Trinajstić information content (AvgIpc) is 3.09. The fourth-order valence-electron chi connectivity index (χ4n) is 2.80. The molecule has 0 aliphatic rings. The van der Waals surface area contributed by atoms with E-state index in [0.29, 0.717) is 23.8 Å². The van der Waals surface area contributed by atoms with Gasteiger partial charge < -0.3 is 0 Å². The van der Waals surface area contributed by atoms with E-state index in [-0.39, 0.29) is 17.0 Å². The fourth-order valence-corrected chi connectivity index (χ4v) is 2.80. The zero-order chi connectivity index (χ0) is 20.5. The number of nitrogens with zero attached hydrogens (tertiary/aromatic N) is 3. The Hall–Kier alpha value is -3.35. The molecule has 0 amide bonds. The summed E-state index contributed by atoms with van der Waals surface area (Å²) >= 11 is 0. The largest absolute Gasteiger partial charge is 0.416 e. The summed E-state index contributed by atoms with van der Waals surface area (Å²) in [6.07, 6.45) is -10.0. The number of H-pyrrole nitrogens is 1. The van der Waals surface area contributed by atoms with E-state index in [9.17, 15) is 26.3 Å². The van der Waals surface area contributed by atoms with Gasteiger partial charge in [0.2, 0.25) is 0 Å². The predicted molar refractivity (Wildman–Crippen MR) is 85.8 cm³/mol. The lowest BCUT2D eigenvalue weighted by atomic mass is 9.93. The van der Waals surface area contributed by atoms with Gasteiger partial charge in [0.15, 0.2) is 5.69 Å². The van der Waals surface area contributed by atoms with Crippen LogP contribution in [0.4, 0.5) is 26.3 Å². The van der Waals surface area contributed by atoms with Gasteiger partial charge in [-0.05, 0) is 35.7 Å². The summed E-state index contributed by atoms with van der Waals surface area (Å²) in [6.45, 7) is 0. The molecule has 4 nitrogen and oxygen atoms in total. The van der Waals surface area contributed by atoms with Crippen molar-refractivity contribution in [1.82, 2.24) is 15.4 Å². The number of aromatic nitrogens is 3. The quantitative estimate of drug-likeness (QED) is 0.636. The highest BCUT2D eigenvalue weighted by Gasteiger charge is 2.37. The van der Waals surface area contributed by atoms with Crippen molar-refractivity contribution in [2.24, 2.45) is 0 Å². The Morgan fingerprint density at radius 1 is 0.929 bits per heavy atom. The minimum absolute atomic E-state index is 0.00691. The first-order chi connectivity index (χ1) is 13.1. The van der Waals surface area contributed by atoms with Crippen LogP contribution in [0, 0.1) is 11.3 Å². The van der Waals surface area contributed by atoms with Crippen LogP contribution < -0.4 is 0 Å². The number of rotatable bonds is 3. The van der Waals surface area contributed by atoms with Crippen LogP contribution in [0.5, 0.6) is 0 Å². The van der Waals surface area contributed by atoms with Gasteiger partial charge >= 0.3 is 12.4 Å². The van der Waals surface area contributed by atoms with E-state index in [1.54, 1.807) is 6.07 Å². The van der Waals surface area contributed by atoms with Gasteiger partial charge in [-0.1, -0.05) is 29.5 Å². The van der Waals surface area contributed by atoms with Crippen LogP contribution in [0.25, 0.3) is 11.3 Å². The van der Waals surface area contributed by atoms with E-state index in [1.807, 2.05) is 6.07 Å². The maximum Gasteiger partial charge on any atom is 0.416 e. The Morgan fingerprint density at radius 3 is 2.29 bits per heavy atom. The number of nitrogens with one attached hydrogen (secondary N) is 1. The van der Waals surface area contributed by atoms with Crippen molar-refractivity contribution in [3.8, 4) is 17.3 Å². The lowest BCUT2D eigenvalue weighted by Gasteiger charge is -2.17. The minimum Gasteiger partial charge on any atom is -0.247 e. The topological polar surface area (TPSA) is 65.4 Å². The van der Waals surface area contributed by atoms with Gasteiger partial charge in [0, 0.05) is 5.56 Å². The van der Waals surface area contributed by atoms with Gasteiger partial charge in [-0.25, -0.2) is 5.10 Å². The summed E-state index contributed by atoms with van der Waals surface area (Å²) in [4.78, 5) is 0. The molecule has 0 saturated carbocycles. The molecule has 0 aliphatic heterocycles. The molecule has 0 spiro atoms. The average molecular weight is 396 g/mol. The lowest BCUT2D eigenvalue weighted by molar-refractivity contribution is -0.141. The van der Waals surface area contributed by atoms with Crippen molar-refractivity contribution in [3.05, 3.63) is 70.4 Å². The van der Waals surface area contributed by atoms with Crippen molar-refractivity contribution in [2.75, 3.05) is 0 Å². The van der Waals surface area contributed by atoms with Crippen LogP contribution in [0.1, 0.15) is 27.9 Å². The highest BCUT2D eigenvalue weighted by Crippen LogP contribution is 2.38. The third-order valence-corrected chi connectivity index (χ3v) is 4.05. The number of benzene rings is 2. The monoisotopic (exact) mass is 396 g/mol. The summed E-state index contributed by atoms with van der Waals surface area (Å²) in [7, 11) is 0. The van der Waals surface area contributed by atoms with Crippen LogP contribution in [0.15, 0.2) is 42.5 Å². The summed E-state index contributed by atoms with van der Waals surface area (Å²) < 4.78 is 79.0. The molecule has 0 radical (unpaired) electrons. The Labute approximate surface area is 154 Å². The summed E-state index contributed by atoms with van der Waals surface area (Å²) in [5, 5.41) is 18.7. The molecule has 0 unspecified atom stereocenters. The van der Waals surface area contributed by atoms with Crippen LogP contribution in [0.3, 0.4) is 0 Å². The summed E-state index contributed by atoms with van der Waals surface area (Å²) in [6, 6.07) is 9.23. The van der Waals surface area contributed by atoms with E-state index in [2.05, 4.69) is 15.4 Å². The Balaban J connectivity index is 2.13. The van der Waals surface area contributed by atoms with Gasteiger partial charge in [-0.3, -0.25) is 0 Å². The standard InChI is InChI=1S/C18H10F6N4/c19-17(20,21)12-5-6-14(18(22,23)24)11(8-12)7-10-3-1-2-4-13(10)16-15(9-25)26-28-27-16/h1-6,8H,7H2,(H,26,27,28). The summed E-state index contributed by atoms with van der Waals surface area (Å²) in [5.74, 6) is 0. The number of aromatic amines is 1. The van der Waals surface area contributed by atoms with Crippen molar-refractivity contribution in [3.63, 3.8) is 0 Å². The third-order valence-electron chi connectivity index (χ3n) is 4.05. The van der Waals surface area contributed by atoms with E-state index in [4.69, 9.17) is 5.26 Å². The van der Waals surface area contributed by atoms with Gasteiger partial charge in [0.05, 0.1) is 11.1 Å². The maximum atomic E-state index is 13.3. The second kappa shape index (κ2) is 6.99. The van der Waals surface area contributed by atoms with Gasteiger partial charge in [0.1, 0.15) is 11.8 Å². The summed E-state index contributed by atoms with van der Waals surface area (Å²) in [5.41, 5.74) is -2.18. The van der Waals surface area contributed by atoms with E-state index in [0.717, 1.165) is 0 Å². The van der Waals surface area contributed by atoms with Crippen molar-refractivity contribution >= 4 is 0 Å². The molecule has 3 aromatic rings. The van der Waals surface area contributed by atoms with Gasteiger partial charge in [-0.15, -0.1) is 5.10 Å². The van der Waals surface area contributed by atoms with Crippen molar-refractivity contribution < 1.29 is 26.3 Å². The molecule has 144 valence electrons. The van der Waals surface area contributed by atoms with Crippen LogP contribution in [-0.4, -0.2) is 15.4 Å². The van der Waals surface area contributed by atoms with Crippen LogP contribution in [-0.2, 0) is 18.8 Å². The Kier molecular flexibility index (Phi) is 4.85. The molecule has 3 rings (SSSR count). The van der Waals surface area contributed by atoms with Gasteiger partial charge in [0.25, 0.3) is 0 Å². The Morgan fingerprint density at radius 2 is 1.64 bits per heavy atom. The molecule has 1 N–H and O–H groups in total. The minimum atomic E-state index is -4.82. The number of nitriles is 1. The number of hydrogen-bond donors (Lipinski definition) is 1. The maximum absolute atomic E-state index is 13.3. The first kappa shape index (κ1) is 19.4. The number of alkyl halides is 6. The molecule has 10 heteroatoms. The van der Waals surface area contributed by atoms with E-state index < -0.39 is 35.5 Å². The lowest BCUT2D eigenvalue weighted by Crippen LogP contribution is -2.13. The molecular formula is C18H10F6N4. The molecule has 0 aliphatic carbocycles. The first-order valence-electron chi connectivity index (χ1n) is 7.78. The smallest absolute Gasteiger partial charge is 0.247 e. The fraction of sp³-hybridized carbons (Fsp3) is 0.167. The Bertz CT molecular complexity index is 1040. The van der Waals surface area contributed by atoms with Gasteiger partial charge in [-0.2, -0.15) is 31.6 Å². The zero-order valence-corrected chi connectivity index (χ0v) is 13.9. The predicted octanol–water partition coefficient (Wildman–Crippen LogP) is 4.97. The van der Waals surface area contributed by atoms with Crippen LogP contribution >= 0.6 is 0 Å². The van der Waals surface area contributed by atoms with Crippen molar-refractivity contribution in [1.29, 1.82) is 5.26 Å². The normalized spacial score (nSPS) is 12.0. The van der Waals surface area contributed by atoms with Crippen LogP contribution in [0.2, 0.25) is 0 Å². The molecule has 0 fully saturated rings. The molecule has 0 saturated heterocycles. The first-order valence-corrected chi connectivity index (χ1v) is 7.78. The molecule has 0 atom stereocenters. The number of halogens is 6. The SMILES string of the molecule is N#Cc1[nH]nnc1-c1ccccc1Cc1cc(C(F)(F)F)ccc1C(F)(F)F. The third kappa shape index (κ3) is 3.83. The molecule has 1 aromatic heterocycles. The van der Waals surface area contributed by atoms with E-state index in [1.165, 1.54) is 18.2 Å². The molecule has 0 bridgehead atoms. The molecule has 1 heterocycles. The van der Waals surface area contributed by atoms with Crippen molar-refractivity contribution in [2.45, 2.75) is 18.8 Å². The second-order valence-electron chi connectivity index (χ2n) is 5.85. The highest BCUT2D eigenvalue weighted by atomic mass is 19.4. The van der Waals surface area contributed by atoms with E-state index >= 15 is 0 Å². The molecule has 28 heavy (non-hydrogen) atoms. The molecular weight excluding hydrogens is 386 g/mol. The second-order valence-corrected chi connectivity index (χ2v) is 5.85. The number of hydrogen-bond acceptors (Lipinski definition) is 3.